The maximum absolute atomic E-state index is 13.0. The summed E-state index contributed by atoms with van der Waals surface area (Å²) in [5, 5.41) is 1.99. The van der Waals surface area contributed by atoms with Crippen LogP contribution in [0.25, 0.3) is 10.1 Å². The lowest BCUT2D eigenvalue weighted by molar-refractivity contribution is 0.104. The lowest BCUT2D eigenvalue weighted by Crippen LogP contribution is -2.05. The minimum Gasteiger partial charge on any atom is -0.497 e. The van der Waals surface area contributed by atoms with E-state index in [0.29, 0.717) is 20.5 Å². The summed E-state index contributed by atoms with van der Waals surface area (Å²) in [4.78, 5) is 13.5. The third-order valence-corrected chi connectivity index (χ3v) is 5.64. The number of fused-ring (bicyclic) bond motifs is 1. The number of ether oxygens (including phenoxy) is 1. The highest BCUT2D eigenvalue weighted by molar-refractivity contribution is 7.21. The van der Waals surface area contributed by atoms with Crippen molar-refractivity contribution in [2.24, 2.45) is 0 Å². The molecule has 1 aromatic heterocycles. The summed E-state index contributed by atoms with van der Waals surface area (Å²) in [5.74, 6) is 0.676. The van der Waals surface area contributed by atoms with Crippen LogP contribution in [0.3, 0.4) is 0 Å². The predicted octanol–water partition coefficient (Wildman–Crippen LogP) is 6.06. The molecule has 0 bridgehead atoms. The van der Waals surface area contributed by atoms with Gasteiger partial charge in [0.15, 0.2) is 0 Å². The Morgan fingerprint density at radius 2 is 1.74 bits per heavy atom. The van der Waals surface area contributed by atoms with Crippen LogP contribution in [-0.2, 0) is 0 Å². The van der Waals surface area contributed by atoms with Crippen molar-refractivity contribution in [2.45, 2.75) is 13.8 Å². The smallest absolute Gasteiger partial charge is 0.205 e. The first kappa shape index (κ1) is 16.3. The van der Waals surface area contributed by atoms with E-state index < -0.39 is 0 Å². The summed E-state index contributed by atoms with van der Waals surface area (Å²) >= 11 is 13.9. The molecular weight excluding hydrogens is 351 g/mol. The number of aryl methyl sites for hydroxylation is 2. The van der Waals surface area contributed by atoms with E-state index in [0.717, 1.165) is 27.0 Å². The van der Waals surface area contributed by atoms with E-state index >= 15 is 0 Å². The van der Waals surface area contributed by atoms with E-state index in [2.05, 4.69) is 0 Å². The highest BCUT2D eigenvalue weighted by Crippen LogP contribution is 2.39. The lowest BCUT2D eigenvalue weighted by Gasteiger charge is -2.08. The third kappa shape index (κ3) is 2.85. The van der Waals surface area contributed by atoms with Crippen LogP contribution in [0.4, 0.5) is 0 Å². The average molecular weight is 365 g/mol. The maximum Gasteiger partial charge on any atom is 0.205 e. The maximum atomic E-state index is 13.0. The van der Waals surface area contributed by atoms with Crippen LogP contribution < -0.4 is 4.74 Å². The van der Waals surface area contributed by atoms with E-state index in [-0.39, 0.29) is 5.78 Å². The van der Waals surface area contributed by atoms with Crippen molar-refractivity contribution in [1.82, 2.24) is 0 Å². The molecule has 2 nitrogen and oxygen atoms in total. The number of halogens is 2. The minimum atomic E-state index is -0.0677. The summed E-state index contributed by atoms with van der Waals surface area (Å²) in [5.41, 5.74) is 2.37. The van der Waals surface area contributed by atoms with Gasteiger partial charge >= 0.3 is 0 Å². The van der Waals surface area contributed by atoms with Crippen molar-refractivity contribution in [2.75, 3.05) is 7.11 Å². The van der Waals surface area contributed by atoms with Crippen LogP contribution in [0.5, 0.6) is 5.75 Å². The molecule has 0 aliphatic rings. The average Bonchev–Trinajstić information content (AvgIpc) is 2.82. The molecule has 0 saturated carbocycles. The molecule has 0 saturated heterocycles. The van der Waals surface area contributed by atoms with Crippen LogP contribution in [0.2, 0.25) is 10.0 Å². The van der Waals surface area contributed by atoms with Gasteiger partial charge in [-0.05, 0) is 55.3 Å². The van der Waals surface area contributed by atoms with Gasteiger partial charge in [-0.25, -0.2) is 0 Å². The summed E-state index contributed by atoms with van der Waals surface area (Å²) in [6.45, 7) is 3.77. The van der Waals surface area contributed by atoms with Crippen LogP contribution in [0, 0.1) is 13.8 Å². The zero-order valence-corrected chi connectivity index (χ0v) is 15.2. The first-order valence-electron chi connectivity index (χ1n) is 7.00. The van der Waals surface area contributed by atoms with E-state index in [1.807, 2.05) is 32.0 Å². The second-order valence-corrected chi connectivity index (χ2v) is 7.22. The number of carbonyl (C=O) groups excluding carboxylic acids is 1. The molecule has 1 heterocycles. The second-order valence-electron chi connectivity index (χ2n) is 5.35. The van der Waals surface area contributed by atoms with Gasteiger partial charge < -0.3 is 4.74 Å². The largest absolute Gasteiger partial charge is 0.497 e. The number of thiophene rings is 1. The molecule has 0 aliphatic carbocycles. The Labute approximate surface area is 148 Å². The molecule has 0 amide bonds. The fourth-order valence-corrected chi connectivity index (χ4v) is 4.52. The Bertz CT molecular complexity index is 905. The van der Waals surface area contributed by atoms with Crippen LogP contribution in [0.1, 0.15) is 26.4 Å². The number of ketones is 1. The van der Waals surface area contributed by atoms with Gasteiger partial charge in [0.05, 0.1) is 17.0 Å². The zero-order valence-electron chi connectivity index (χ0n) is 12.9. The van der Waals surface area contributed by atoms with Gasteiger partial charge in [-0.3, -0.25) is 4.79 Å². The normalized spacial score (nSPS) is 11.0. The van der Waals surface area contributed by atoms with Crippen molar-refractivity contribution in [3.05, 3.63) is 61.9 Å². The van der Waals surface area contributed by atoms with Gasteiger partial charge in [-0.15, -0.1) is 11.3 Å². The molecular formula is C18H14Cl2O2S. The molecule has 3 aromatic rings. The third-order valence-electron chi connectivity index (χ3n) is 3.77. The number of benzene rings is 2. The van der Waals surface area contributed by atoms with Crippen molar-refractivity contribution >= 4 is 50.4 Å². The minimum absolute atomic E-state index is 0.0677. The van der Waals surface area contributed by atoms with Gasteiger partial charge in [-0.2, -0.15) is 0 Å². The number of carbonyl (C=O) groups is 1. The number of hydrogen-bond donors (Lipinski definition) is 0. The Balaban J connectivity index is 2.17. The van der Waals surface area contributed by atoms with Crippen molar-refractivity contribution < 1.29 is 9.53 Å². The van der Waals surface area contributed by atoms with E-state index in [9.17, 15) is 4.79 Å². The molecule has 0 aliphatic heterocycles. The molecule has 0 N–H and O–H groups in total. The highest BCUT2D eigenvalue weighted by atomic mass is 35.5. The Morgan fingerprint density at radius 3 is 2.35 bits per heavy atom. The van der Waals surface area contributed by atoms with Crippen LogP contribution in [0.15, 0.2) is 30.3 Å². The summed E-state index contributed by atoms with van der Waals surface area (Å²) in [6.07, 6.45) is 0. The van der Waals surface area contributed by atoms with Gasteiger partial charge in [0.1, 0.15) is 5.75 Å². The van der Waals surface area contributed by atoms with Crippen molar-refractivity contribution in [3.63, 3.8) is 0 Å². The lowest BCUT2D eigenvalue weighted by atomic mass is 9.98. The van der Waals surface area contributed by atoms with Crippen LogP contribution >= 0.6 is 34.5 Å². The molecule has 118 valence electrons. The zero-order chi connectivity index (χ0) is 16.7. The van der Waals surface area contributed by atoms with Crippen LogP contribution in [-0.4, -0.2) is 12.9 Å². The quantitative estimate of drug-likeness (QED) is 0.527. The van der Waals surface area contributed by atoms with Gasteiger partial charge in [-0.1, -0.05) is 23.2 Å². The highest BCUT2D eigenvalue weighted by Gasteiger charge is 2.22. The topological polar surface area (TPSA) is 26.3 Å². The number of hydrogen-bond acceptors (Lipinski definition) is 3. The first-order valence-corrected chi connectivity index (χ1v) is 8.57. The second kappa shape index (κ2) is 6.16. The first-order chi connectivity index (χ1) is 10.9. The molecule has 2 aromatic carbocycles. The Kier molecular flexibility index (Phi) is 4.37. The summed E-state index contributed by atoms with van der Waals surface area (Å²) in [7, 11) is 1.61. The number of rotatable bonds is 3. The van der Waals surface area contributed by atoms with Gasteiger partial charge in [0.2, 0.25) is 5.78 Å². The molecule has 0 radical (unpaired) electrons. The molecule has 0 spiro atoms. The summed E-state index contributed by atoms with van der Waals surface area (Å²) in [6, 6.07) is 9.21. The fourth-order valence-electron chi connectivity index (χ4n) is 2.70. The van der Waals surface area contributed by atoms with Crippen molar-refractivity contribution in [3.8, 4) is 5.75 Å². The molecule has 0 fully saturated rings. The van der Waals surface area contributed by atoms with Gasteiger partial charge in [0.25, 0.3) is 0 Å². The molecule has 5 heteroatoms. The van der Waals surface area contributed by atoms with E-state index in [1.165, 1.54) is 11.3 Å². The van der Waals surface area contributed by atoms with E-state index in [1.54, 1.807) is 19.2 Å². The number of methoxy groups -OCH3 is 1. The standard InChI is InChI=1S/C18H14Cl2O2S/c1-9-6-11(19)7-10(2)15(9)17(21)18-16(20)13-5-4-12(22-3)8-14(13)23-18/h4-8H,1-3H3. The predicted molar refractivity (Wildman–Crippen MR) is 97.7 cm³/mol. The fraction of sp³-hybridized carbons (Fsp3) is 0.167. The molecule has 0 unspecified atom stereocenters. The molecule has 23 heavy (non-hydrogen) atoms. The SMILES string of the molecule is COc1ccc2c(Cl)c(C(=O)c3c(C)cc(Cl)cc3C)sc2c1. The summed E-state index contributed by atoms with van der Waals surface area (Å²) < 4.78 is 6.16. The van der Waals surface area contributed by atoms with Crippen molar-refractivity contribution in [1.29, 1.82) is 0 Å². The molecule has 0 atom stereocenters. The van der Waals surface area contributed by atoms with E-state index in [4.69, 9.17) is 27.9 Å². The Morgan fingerprint density at radius 1 is 1.09 bits per heavy atom. The Hall–Kier alpha value is -1.55. The monoisotopic (exact) mass is 364 g/mol. The van der Waals surface area contributed by atoms with Gasteiger partial charge in [0, 0.05) is 20.7 Å². The molecule has 3 rings (SSSR count).